The van der Waals surface area contributed by atoms with Crippen molar-refractivity contribution in [3.8, 4) is 0 Å². The van der Waals surface area contributed by atoms with Gasteiger partial charge in [-0.05, 0) is 30.7 Å². The van der Waals surface area contributed by atoms with Crippen molar-refractivity contribution in [2.75, 3.05) is 30.7 Å². The molecule has 0 fully saturated rings. The van der Waals surface area contributed by atoms with Crippen LogP contribution in [-0.4, -0.2) is 30.4 Å². The molecule has 0 saturated carbocycles. The van der Waals surface area contributed by atoms with Crippen molar-refractivity contribution in [2.45, 2.75) is 33.6 Å². The molecule has 1 amide bonds. The monoisotopic (exact) mass is 277 g/mol. The highest BCUT2D eigenvalue weighted by Crippen LogP contribution is 2.12. The molecule has 0 aliphatic heterocycles. The first-order chi connectivity index (χ1) is 9.55. The molecule has 20 heavy (non-hydrogen) atoms. The zero-order valence-electron chi connectivity index (χ0n) is 12.9. The fourth-order valence-corrected chi connectivity index (χ4v) is 2.05. The van der Waals surface area contributed by atoms with Crippen molar-refractivity contribution in [1.29, 1.82) is 0 Å². The summed E-state index contributed by atoms with van der Waals surface area (Å²) in [6.07, 6.45) is 1.69. The average molecular weight is 277 g/mol. The Bertz CT molecular complexity index is 420. The Labute approximate surface area is 122 Å². The number of benzene rings is 1. The van der Waals surface area contributed by atoms with E-state index in [1.807, 2.05) is 12.1 Å². The normalized spacial score (nSPS) is 12.4. The molecule has 0 heterocycles. The zero-order chi connectivity index (χ0) is 15.0. The van der Waals surface area contributed by atoms with Gasteiger partial charge in [-0.15, -0.1) is 0 Å². The van der Waals surface area contributed by atoms with Crippen molar-refractivity contribution < 1.29 is 4.79 Å². The Morgan fingerprint density at radius 2 is 2.15 bits per heavy atom. The van der Waals surface area contributed by atoms with Crippen molar-refractivity contribution >= 4 is 17.3 Å². The Morgan fingerprint density at radius 3 is 2.75 bits per heavy atom. The summed E-state index contributed by atoms with van der Waals surface area (Å²) in [7, 11) is 0. The first-order valence-electron chi connectivity index (χ1n) is 7.42. The zero-order valence-corrected chi connectivity index (χ0v) is 12.9. The molecule has 1 aromatic carbocycles. The highest BCUT2D eigenvalue weighted by atomic mass is 16.1. The number of nitrogens with one attached hydrogen (secondary N) is 1. The van der Waals surface area contributed by atoms with Gasteiger partial charge in [0.2, 0.25) is 5.91 Å². The Morgan fingerprint density at radius 1 is 1.40 bits per heavy atom. The van der Waals surface area contributed by atoms with E-state index >= 15 is 0 Å². The third-order valence-corrected chi connectivity index (χ3v) is 3.54. The number of nitrogen functional groups attached to an aromatic ring is 1. The maximum absolute atomic E-state index is 11.9. The lowest BCUT2D eigenvalue weighted by molar-refractivity contribution is -0.116. The first-order valence-corrected chi connectivity index (χ1v) is 7.42. The van der Waals surface area contributed by atoms with Gasteiger partial charge in [0.1, 0.15) is 0 Å². The second-order valence-electron chi connectivity index (χ2n) is 5.33. The van der Waals surface area contributed by atoms with Crippen LogP contribution in [0.25, 0.3) is 0 Å². The molecule has 1 unspecified atom stereocenters. The van der Waals surface area contributed by atoms with E-state index in [4.69, 9.17) is 5.73 Å². The summed E-state index contributed by atoms with van der Waals surface area (Å²) in [6.45, 7) is 9.42. The van der Waals surface area contributed by atoms with Crippen molar-refractivity contribution in [1.82, 2.24) is 4.90 Å². The third kappa shape index (κ3) is 6.06. The molecule has 112 valence electrons. The fourth-order valence-electron chi connectivity index (χ4n) is 2.05. The van der Waals surface area contributed by atoms with Crippen LogP contribution in [0.1, 0.15) is 33.6 Å². The van der Waals surface area contributed by atoms with Crippen LogP contribution in [0.5, 0.6) is 0 Å². The van der Waals surface area contributed by atoms with E-state index in [1.54, 1.807) is 12.1 Å². The van der Waals surface area contributed by atoms with E-state index in [0.29, 0.717) is 18.0 Å². The number of anilines is 2. The standard InChI is InChI=1S/C16H27N3O/c1-4-13(3)12-19(5-2)10-9-16(20)18-15-8-6-7-14(17)11-15/h6-8,11,13H,4-5,9-10,12,17H2,1-3H3,(H,18,20). The van der Waals surface area contributed by atoms with Crippen LogP contribution in [-0.2, 0) is 4.79 Å². The quantitative estimate of drug-likeness (QED) is 0.718. The molecule has 3 N–H and O–H groups in total. The lowest BCUT2D eigenvalue weighted by atomic mass is 10.1. The van der Waals surface area contributed by atoms with Gasteiger partial charge in [0, 0.05) is 30.9 Å². The summed E-state index contributed by atoms with van der Waals surface area (Å²) in [5.41, 5.74) is 7.11. The van der Waals surface area contributed by atoms with Gasteiger partial charge in [0.25, 0.3) is 0 Å². The van der Waals surface area contributed by atoms with Gasteiger partial charge in [-0.25, -0.2) is 0 Å². The van der Waals surface area contributed by atoms with Crippen LogP contribution in [0.4, 0.5) is 11.4 Å². The van der Waals surface area contributed by atoms with E-state index in [2.05, 4.69) is 31.0 Å². The van der Waals surface area contributed by atoms with E-state index in [-0.39, 0.29) is 5.91 Å². The minimum Gasteiger partial charge on any atom is -0.399 e. The average Bonchev–Trinajstić information content (AvgIpc) is 2.43. The molecule has 0 aliphatic rings. The molecule has 1 rings (SSSR count). The summed E-state index contributed by atoms with van der Waals surface area (Å²) in [4.78, 5) is 14.2. The molecule has 0 radical (unpaired) electrons. The number of amides is 1. The molecule has 0 bridgehead atoms. The smallest absolute Gasteiger partial charge is 0.225 e. The molecule has 0 aliphatic carbocycles. The summed E-state index contributed by atoms with van der Waals surface area (Å²) in [5.74, 6) is 0.713. The molecule has 0 aromatic heterocycles. The lowest BCUT2D eigenvalue weighted by Crippen LogP contribution is -2.31. The maximum atomic E-state index is 11.9. The van der Waals surface area contributed by atoms with E-state index in [1.165, 1.54) is 6.42 Å². The maximum Gasteiger partial charge on any atom is 0.225 e. The third-order valence-electron chi connectivity index (χ3n) is 3.54. The fraction of sp³-hybridized carbons (Fsp3) is 0.562. The summed E-state index contributed by atoms with van der Waals surface area (Å²) in [5, 5.41) is 2.88. The number of nitrogens with two attached hydrogens (primary N) is 1. The highest BCUT2D eigenvalue weighted by Gasteiger charge is 2.10. The Hall–Kier alpha value is -1.55. The van der Waals surface area contributed by atoms with Gasteiger partial charge in [-0.1, -0.05) is 33.3 Å². The summed E-state index contributed by atoms with van der Waals surface area (Å²) in [6, 6.07) is 7.27. The van der Waals surface area contributed by atoms with Crippen LogP contribution in [0.15, 0.2) is 24.3 Å². The van der Waals surface area contributed by atoms with Crippen molar-refractivity contribution in [3.63, 3.8) is 0 Å². The van der Waals surface area contributed by atoms with E-state index in [9.17, 15) is 4.79 Å². The predicted octanol–water partition coefficient (Wildman–Crippen LogP) is 2.97. The Balaban J connectivity index is 2.38. The number of rotatable bonds is 8. The van der Waals surface area contributed by atoms with Gasteiger partial charge in [0.15, 0.2) is 0 Å². The van der Waals surface area contributed by atoms with E-state index in [0.717, 1.165) is 25.3 Å². The number of hydrogen-bond donors (Lipinski definition) is 2. The molecular formula is C16H27N3O. The first kappa shape index (κ1) is 16.5. The number of carbonyl (C=O) groups excluding carboxylic acids is 1. The predicted molar refractivity (Wildman–Crippen MR) is 85.7 cm³/mol. The van der Waals surface area contributed by atoms with Crippen LogP contribution in [0, 0.1) is 5.92 Å². The van der Waals surface area contributed by atoms with Crippen LogP contribution >= 0.6 is 0 Å². The topological polar surface area (TPSA) is 58.4 Å². The largest absolute Gasteiger partial charge is 0.399 e. The van der Waals surface area contributed by atoms with Crippen molar-refractivity contribution in [3.05, 3.63) is 24.3 Å². The molecule has 4 heteroatoms. The van der Waals surface area contributed by atoms with Gasteiger partial charge in [0.05, 0.1) is 0 Å². The van der Waals surface area contributed by atoms with Gasteiger partial charge in [-0.2, -0.15) is 0 Å². The minimum absolute atomic E-state index is 0.0400. The van der Waals surface area contributed by atoms with Gasteiger partial charge >= 0.3 is 0 Å². The highest BCUT2D eigenvalue weighted by molar-refractivity contribution is 5.91. The number of hydrogen-bond acceptors (Lipinski definition) is 3. The summed E-state index contributed by atoms with van der Waals surface area (Å²) < 4.78 is 0. The molecule has 1 aromatic rings. The Kier molecular flexibility index (Phi) is 7.09. The number of carbonyl (C=O) groups is 1. The van der Waals surface area contributed by atoms with Crippen molar-refractivity contribution in [2.24, 2.45) is 5.92 Å². The van der Waals surface area contributed by atoms with E-state index < -0.39 is 0 Å². The van der Waals surface area contributed by atoms with Crippen LogP contribution in [0.3, 0.4) is 0 Å². The number of nitrogens with zero attached hydrogens (tertiary/aromatic N) is 1. The SMILES string of the molecule is CCC(C)CN(CC)CCC(=O)Nc1cccc(N)c1. The van der Waals surface area contributed by atoms with Gasteiger partial charge < -0.3 is 16.0 Å². The second-order valence-corrected chi connectivity index (χ2v) is 5.33. The second kappa shape index (κ2) is 8.59. The molecule has 1 atom stereocenters. The van der Waals surface area contributed by atoms with Gasteiger partial charge in [-0.3, -0.25) is 4.79 Å². The lowest BCUT2D eigenvalue weighted by Gasteiger charge is -2.23. The summed E-state index contributed by atoms with van der Waals surface area (Å²) >= 11 is 0. The van der Waals surface area contributed by atoms with Crippen LogP contribution in [0.2, 0.25) is 0 Å². The molecular weight excluding hydrogens is 250 g/mol. The molecule has 0 spiro atoms. The molecule has 0 saturated heterocycles. The van der Waals surface area contributed by atoms with Crippen LogP contribution < -0.4 is 11.1 Å². The molecule has 4 nitrogen and oxygen atoms in total. The minimum atomic E-state index is 0.0400.